The summed E-state index contributed by atoms with van der Waals surface area (Å²) < 4.78 is 7.36. The zero-order chi connectivity index (χ0) is 17.9. The van der Waals surface area contributed by atoms with Crippen molar-refractivity contribution in [2.45, 2.75) is 49.9 Å². The zero-order valence-electron chi connectivity index (χ0n) is 15.7. The first kappa shape index (κ1) is 18.0. The molecule has 0 saturated carbocycles. The number of rotatable bonds is 6. The van der Waals surface area contributed by atoms with Crippen molar-refractivity contribution in [1.82, 2.24) is 24.5 Å². The molecule has 1 N–H and O–H groups in total. The summed E-state index contributed by atoms with van der Waals surface area (Å²) in [6.45, 7) is 9.96. The van der Waals surface area contributed by atoms with Crippen LogP contribution in [0.15, 0.2) is 5.16 Å². The van der Waals surface area contributed by atoms with E-state index in [1.807, 2.05) is 4.52 Å². The molecule has 3 heterocycles. The molecule has 7 nitrogen and oxygen atoms in total. The first-order valence-electron chi connectivity index (χ1n) is 9.70. The Morgan fingerprint density at radius 3 is 2.77 bits per heavy atom. The van der Waals surface area contributed by atoms with E-state index in [4.69, 9.17) is 14.8 Å². The summed E-state index contributed by atoms with van der Waals surface area (Å²) in [5, 5.41) is 9.66. The Morgan fingerprint density at radius 2 is 1.96 bits per heavy atom. The zero-order valence-corrected chi connectivity index (χ0v) is 16.5. The van der Waals surface area contributed by atoms with Gasteiger partial charge in [0, 0.05) is 37.0 Å². The first-order chi connectivity index (χ1) is 12.7. The van der Waals surface area contributed by atoms with Gasteiger partial charge < -0.3 is 10.1 Å². The van der Waals surface area contributed by atoms with Crippen molar-refractivity contribution >= 4 is 23.4 Å². The van der Waals surface area contributed by atoms with Gasteiger partial charge in [-0.3, -0.25) is 4.90 Å². The number of hydrogen-bond donors (Lipinski definition) is 1. The van der Waals surface area contributed by atoms with Gasteiger partial charge >= 0.3 is 0 Å². The second-order valence-electron chi connectivity index (χ2n) is 7.25. The van der Waals surface area contributed by atoms with Crippen LogP contribution in [-0.2, 0) is 17.6 Å². The largest absolute Gasteiger partial charge is 0.379 e. The van der Waals surface area contributed by atoms with Crippen LogP contribution in [0.4, 0.5) is 5.82 Å². The summed E-state index contributed by atoms with van der Waals surface area (Å²) in [6, 6.07) is 0. The van der Waals surface area contributed by atoms with Gasteiger partial charge in [-0.2, -0.15) is 9.50 Å². The number of thioether (sulfide) groups is 1. The molecule has 0 radical (unpaired) electrons. The lowest BCUT2D eigenvalue weighted by molar-refractivity contribution is 0.0398. The van der Waals surface area contributed by atoms with Crippen LogP contribution in [0.25, 0.3) is 5.78 Å². The predicted molar refractivity (Wildman–Crippen MR) is 104 cm³/mol. The standard InChI is InChI=1S/C18H28N6OS/c1-13(2)26-18-21-17-20-15-6-4-3-5-14(15)16(24(17)22-18)19-7-8-23-9-11-25-12-10-23/h13,19H,3-12H2,1-2H3. The minimum Gasteiger partial charge on any atom is -0.379 e. The highest BCUT2D eigenvalue weighted by Gasteiger charge is 2.21. The number of aryl methyl sites for hydroxylation is 1. The van der Waals surface area contributed by atoms with Crippen molar-refractivity contribution in [3.8, 4) is 0 Å². The molecule has 0 aromatic carbocycles. The third-order valence-corrected chi connectivity index (χ3v) is 5.76. The molecule has 2 aromatic heterocycles. The molecule has 2 aliphatic rings. The average molecular weight is 377 g/mol. The molecule has 1 aliphatic heterocycles. The van der Waals surface area contributed by atoms with Gasteiger partial charge in [-0.05, 0) is 25.7 Å². The van der Waals surface area contributed by atoms with Gasteiger partial charge in [0.25, 0.3) is 5.78 Å². The van der Waals surface area contributed by atoms with E-state index in [0.717, 1.165) is 69.0 Å². The molecule has 142 valence electrons. The molecule has 0 spiro atoms. The van der Waals surface area contributed by atoms with Gasteiger partial charge in [0.1, 0.15) is 5.82 Å². The smallest absolute Gasteiger partial charge is 0.255 e. The summed E-state index contributed by atoms with van der Waals surface area (Å²) in [7, 11) is 0. The predicted octanol–water partition coefficient (Wildman–Crippen LogP) is 2.25. The molecule has 0 atom stereocenters. The number of nitrogens with one attached hydrogen (secondary N) is 1. The number of morpholine rings is 1. The Labute approximate surface area is 158 Å². The van der Waals surface area contributed by atoms with Gasteiger partial charge in [-0.25, -0.2) is 4.98 Å². The lowest BCUT2D eigenvalue weighted by atomic mass is 9.96. The third kappa shape index (κ3) is 3.97. The van der Waals surface area contributed by atoms with E-state index in [1.165, 1.54) is 24.1 Å². The van der Waals surface area contributed by atoms with Crippen LogP contribution in [0.1, 0.15) is 37.9 Å². The van der Waals surface area contributed by atoms with Crippen LogP contribution in [0.2, 0.25) is 0 Å². The van der Waals surface area contributed by atoms with E-state index in [2.05, 4.69) is 29.0 Å². The molecular weight excluding hydrogens is 348 g/mol. The Kier molecular flexibility index (Phi) is 5.61. The Morgan fingerprint density at radius 1 is 1.15 bits per heavy atom. The van der Waals surface area contributed by atoms with E-state index in [-0.39, 0.29) is 0 Å². The quantitative estimate of drug-likeness (QED) is 0.776. The summed E-state index contributed by atoms with van der Waals surface area (Å²) in [4.78, 5) is 11.9. The van der Waals surface area contributed by atoms with Gasteiger partial charge in [0.2, 0.25) is 5.16 Å². The van der Waals surface area contributed by atoms with Crippen LogP contribution >= 0.6 is 11.8 Å². The van der Waals surface area contributed by atoms with Crippen molar-refractivity contribution in [2.75, 3.05) is 44.7 Å². The van der Waals surface area contributed by atoms with Crippen molar-refractivity contribution in [3.63, 3.8) is 0 Å². The summed E-state index contributed by atoms with van der Waals surface area (Å²) in [5.74, 6) is 1.82. The first-order valence-corrected chi connectivity index (χ1v) is 10.6. The second kappa shape index (κ2) is 8.10. The number of anilines is 1. The normalized spacial score (nSPS) is 18.4. The van der Waals surface area contributed by atoms with Crippen LogP contribution < -0.4 is 5.32 Å². The van der Waals surface area contributed by atoms with Crippen molar-refractivity contribution in [3.05, 3.63) is 11.3 Å². The number of ether oxygens (including phenoxy) is 1. The van der Waals surface area contributed by atoms with E-state index in [9.17, 15) is 0 Å². The Hall–Kier alpha value is -1.38. The number of fused-ring (bicyclic) bond motifs is 2. The molecule has 2 aromatic rings. The highest BCUT2D eigenvalue weighted by Crippen LogP contribution is 2.29. The minimum atomic E-state index is 0.458. The molecular formula is C18H28N6OS. The molecule has 0 bridgehead atoms. The fourth-order valence-electron chi connectivity index (χ4n) is 3.62. The van der Waals surface area contributed by atoms with Crippen LogP contribution in [0, 0.1) is 0 Å². The van der Waals surface area contributed by atoms with Crippen molar-refractivity contribution in [2.24, 2.45) is 0 Å². The third-order valence-electron chi connectivity index (χ3n) is 4.91. The molecule has 1 fully saturated rings. The lowest BCUT2D eigenvalue weighted by Crippen LogP contribution is -2.39. The maximum atomic E-state index is 5.44. The Balaban J connectivity index is 1.58. The highest BCUT2D eigenvalue weighted by molar-refractivity contribution is 7.99. The molecule has 26 heavy (non-hydrogen) atoms. The maximum Gasteiger partial charge on any atom is 0.255 e. The van der Waals surface area contributed by atoms with E-state index in [0.29, 0.717) is 5.25 Å². The monoisotopic (exact) mass is 376 g/mol. The number of nitrogens with zero attached hydrogens (tertiary/aromatic N) is 5. The van der Waals surface area contributed by atoms with Gasteiger partial charge in [-0.15, -0.1) is 5.10 Å². The molecule has 0 unspecified atom stereocenters. The molecule has 8 heteroatoms. The minimum absolute atomic E-state index is 0.458. The molecule has 1 saturated heterocycles. The highest BCUT2D eigenvalue weighted by atomic mass is 32.2. The lowest BCUT2D eigenvalue weighted by Gasteiger charge is -2.27. The van der Waals surface area contributed by atoms with E-state index in [1.54, 1.807) is 11.8 Å². The fourth-order valence-corrected chi connectivity index (χ4v) is 4.31. The molecule has 4 rings (SSSR count). The Bertz CT molecular complexity index is 756. The second-order valence-corrected chi connectivity index (χ2v) is 8.79. The van der Waals surface area contributed by atoms with Crippen molar-refractivity contribution in [1.29, 1.82) is 0 Å². The van der Waals surface area contributed by atoms with E-state index < -0.39 is 0 Å². The van der Waals surface area contributed by atoms with Gasteiger partial charge in [0.15, 0.2) is 0 Å². The van der Waals surface area contributed by atoms with Crippen molar-refractivity contribution < 1.29 is 4.74 Å². The summed E-state index contributed by atoms with van der Waals surface area (Å²) in [5.41, 5.74) is 2.53. The number of aromatic nitrogens is 4. The SMILES string of the molecule is CC(C)Sc1nc2nc3c(c(NCCN4CCOCC4)n2n1)CCCC3. The molecule has 0 amide bonds. The van der Waals surface area contributed by atoms with Crippen LogP contribution in [-0.4, -0.2) is 69.1 Å². The van der Waals surface area contributed by atoms with Gasteiger partial charge in [-0.1, -0.05) is 25.6 Å². The van der Waals surface area contributed by atoms with Crippen LogP contribution in [0.5, 0.6) is 0 Å². The number of hydrogen-bond acceptors (Lipinski definition) is 7. The van der Waals surface area contributed by atoms with E-state index >= 15 is 0 Å². The van der Waals surface area contributed by atoms with Crippen LogP contribution in [0.3, 0.4) is 0 Å². The fraction of sp³-hybridized carbons (Fsp3) is 0.722. The summed E-state index contributed by atoms with van der Waals surface area (Å²) in [6.07, 6.45) is 4.56. The van der Waals surface area contributed by atoms with Gasteiger partial charge in [0.05, 0.1) is 18.9 Å². The average Bonchev–Trinajstić information content (AvgIpc) is 3.03. The maximum absolute atomic E-state index is 5.44. The summed E-state index contributed by atoms with van der Waals surface area (Å²) >= 11 is 1.69. The topological polar surface area (TPSA) is 67.6 Å². The molecule has 1 aliphatic carbocycles.